The largest absolute Gasteiger partial charge is 0.494 e. The van der Waals surface area contributed by atoms with Crippen molar-refractivity contribution in [2.45, 2.75) is 13.5 Å². The lowest BCUT2D eigenvalue weighted by molar-refractivity contribution is -0.118. The van der Waals surface area contributed by atoms with Crippen LogP contribution in [0.2, 0.25) is 0 Å². The summed E-state index contributed by atoms with van der Waals surface area (Å²) < 4.78 is 13.7. The summed E-state index contributed by atoms with van der Waals surface area (Å²) >= 11 is 5.07. The van der Waals surface area contributed by atoms with Crippen LogP contribution >= 0.6 is 27.3 Å². The molecule has 1 aromatic carbocycles. The van der Waals surface area contributed by atoms with E-state index in [1.165, 1.54) is 0 Å². The van der Waals surface area contributed by atoms with Crippen molar-refractivity contribution in [1.82, 2.24) is 9.78 Å². The fourth-order valence-corrected chi connectivity index (χ4v) is 3.71. The first-order chi connectivity index (χ1) is 12.6. The lowest BCUT2D eigenvalue weighted by Crippen LogP contribution is -2.22. The van der Waals surface area contributed by atoms with Crippen LogP contribution in [-0.2, 0) is 11.3 Å². The molecule has 1 N–H and O–H groups in total. The minimum Gasteiger partial charge on any atom is -0.494 e. The van der Waals surface area contributed by atoms with Crippen LogP contribution in [0.25, 0.3) is 0 Å². The van der Waals surface area contributed by atoms with Gasteiger partial charge in [-0.2, -0.15) is 5.10 Å². The molecule has 3 aromatic rings. The Morgan fingerprint density at radius 2 is 1.96 bits per heavy atom. The third kappa shape index (κ3) is 5.09. The second kappa shape index (κ2) is 8.86. The summed E-state index contributed by atoms with van der Waals surface area (Å²) in [7, 11) is 0. The summed E-state index contributed by atoms with van der Waals surface area (Å²) in [5, 5.41) is 9.10. The lowest BCUT2D eigenvalue weighted by atomic mass is 10.3. The van der Waals surface area contributed by atoms with Crippen molar-refractivity contribution in [2.24, 2.45) is 0 Å². The smallest absolute Gasteiger partial charge is 0.263 e. The Morgan fingerprint density at radius 3 is 2.62 bits per heavy atom. The third-order valence-electron chi connectivity index (χ3n) is 3.42. The number of carbonyl (C=O) groups excluding carboxylic acids is 1. The Labute approximate surface area is 163 Å². The maximum atomic E-state index is 12.2. The summed E-state index contributed by atoms with van der Waals surface area (Å²) in [6.07, 6.45) is 1.66. The molecule has 0 radical (unpaired) electrons. The van der Waals surface area contributed by atoms with Crippen molar-refractivity contribution in [3.05, 3.63) is 57.3 Å². The van der Waals surface area contributed by atoms with E-state index >= 15 is 0 Å². The van der Waals surface area contributed by atoms with E-state index in [9.17, 15) is 4.79 Å². The Hall–Kier alpha value is -2.32. The van der Waals surface area contributed by atoms with Crippen molar-refractivity contribution in [2.75, 3.05) is 18.5 Å². The number of hydrogen-bond donors (Lipinski definition) is 1. The number of aromatic nitrogens is 2. The molecule has 2 heterocycles. The molecule has 0 spiro atoms. The van der Waals surface area contributed by atoms with E-state index in [0.29, 0.717) is 24.7 Å². The summed E-state index contributed by atoms with van der Waals surface area (Å²) in [5.74, 6) is 1.77. The molecule has 0 fully saturated rings. The molecular formula is C18H18BrN3O3S. The predicted octanol–water partition coefficient (Wildman–Crippen LogP) is 4.17. The van der Waals surface area contributed by atoms with Crippen molar-refractivity contribution >= 4 is 39.0 Å². The zero-order valence-electron chi connectivity index (χ0n) is 14.1. The highest BCUT2D eigenvalue weighted by Gasteiger charge is 2.09. The maximum Gasteiger partial charge on any atom is 0.263 e. The zero-order valence-corrected chi connectivity index (χ0v) is 16.5. The second-order valence-corrected chi connectivity index (χ2v) is 7.26. The van der Waals surface area contributed by atoms with Crippen LogP contribution in [0.15, 0.2) is 52.4 Å². The van der Waals surface area contributed by atoms with Gasteiger partial charge in [0.25, 0.3) is 5.91 Å². The fraction of sp³-hybridized carbons (Fsp3) is 0.222. The van der Waals surface area contributed by atoms with Gasteiger partial charge in [0, 0.05) is 20.8 Å². The van der Waals surface area contributed by atoms with E-state index in [1.54, 1.807) is 40.4 Å². The van der Waals surface area contributed by atoms with Crippen molar-refractivity contribution in [1.29, 1.82) is 0 Å². The molecule has 0 aliphatic carbocycles. The summed E-state index contributed by atoms with van der Waals surface area (Å²) in [4.78, 5) is 13.3. The molecular weight excluding hydrogens is 418 g/mol. The van der Waals surface area contributed by atoms with Crippen LogP contribution in [-0.4, -0.2) is 28.9 Å². The molecule has 0 saturated carbocycles. The molecule has 8 heteroatoms. The molecule has 0 atom stereocenters. The van der Waals surface area contributed by atoms with Gasteiger partial charge >= 0.3 is 0 Å². The molecule has 26 heavy (non-hydrogen) atoms. The first-order valence-electron chi connectivity index (χ1n) is 8.04. The first kappa shape index (κ1) is 18.5. The van der Waals surface area contributed by atoms with E-state index in [1.807, 2.05) is 30.5 Å². The van der Waals surface area contributed by atoms with Gasteiger partial charge in [-0.05, 0) is 53.2 Å². The number of amides is 1. The maximum absolute atomic E-state index is 12.2. The van der Waals surface area contributed by atoms with Crippen molar-refractivity contribution in [3.63, 3.8) is 0 Å². The SMILES string of the molecule is CCOc1ccc(OCC(=O)Nc2ccnn2Cc2cc(Br)cs2)cc1. The molecule has 2 aromatic heterocycles. The van der Waals surface area contributed by atoms with E-state index in [4.69, 9.17) is 9.47 Å². The van der Waals surface area contributed by atoms with Crippen molar-refractivity contribution in [3.8, 4) is 11.5 Å². The number of anilines is 1. The van der Waals surface area contributed by atoms with E-state index in [2.05, 4.69) is 26.3 Å². The predicted molar refractivity (Wildman–Crippen MR) is 105 cm³/mol. The summed E-state index contributed by atoms with van der Waals surface area (Å²) in [6, 6.07) is 11.0. The summed E-state index contributed by atoms with van der Waals surface area (Å²) in [6.45, 7) is 3.05. The Bertz CT molecular complexity index is 861. The number of nitrogens with zero attached hydrogens (tertiary/aromatic N) is 2. The van der Waals surface area contributed by atoms with E-state index in [-0.39, 0.29) is 12.5 Å². The highest BCUT2D eigenvalue weighted by Crippen LogP contribution is 2.22. The van der Waals surface area contributed by atoms with Crippen LogP contribution in [0, 0.1) is 0 Å². The zero-order chi connectivity index (χ0) is 18.4. The molecule has 0 bridgehead atoms. The topological polar surface area (TPSA) is 65.4 Å². The number of halogens is 1. The highest BCUT2D eigenvalue weighted by atomic mass is 79.9. The minimum atomic E-state index is -0.243. The number of carbonyl (C=O) groups is 1. The van der Waals surface area contributed by atoms with Crippen LogP contribution in [0.1, 0.15) is 11.8 Å². The average Bonchev–Trinajstić information content (AvgIpc) is 3.24. The van der Waals surface area contributed by atoms with Gasteiger partial charge in [-0.1, -0.05) is 0 Å². The van der Waals surface area contributed by atoms with Gasteiger partial charge in [-0.15, -0.1) is 11.3 Å². The molecule has 1 amide bonds. The van der Waals surface area contributed by atoms with Gasteiger partial charge < -0.3 is 14.8 Å². The number of rotatable bonds is 8. The Morgan fingerprint density at radius 1 is 1.23 bits per heavy atom. The first-order valence-corrected chi connectivity index (χ1v) is 9.71. The monoisotopic (exact) mass is 435 g/mol. The molecule has 0 aliphatic heterocycles. The molecule has 6 nitrogen and oxygen atoms in total. The number of hydrogen-bond acceptors (Lipinski definition) is 5. The Balaban J connectivity index is 1.53. The number of nitrogens with one attached hydrogen (secondary N) is 1. The molecule has 3 rings (SSSR count). The van der Waals surface area contributed by atoms with Crippen LogP contribution in [0.5, 0.6) is 11.5 Å². The molecule has 0 saturated heterocycles. The van der Waals surface area contributed by atoms with Crippen LogP contribution in [0.3, 0.4) is 0 Å². The normalized spacial score (nSPS) is 10.5. The molecule has 136 valence electrons. The standard InChI is InChI=1S/C18H18BrN3O3S/c1-2-24-14-3-5-15(6-4-14)25-11-18(23)21-17-7-8-20-22(17)10-16-9-13(19)12-26-16/h3-9,12H,2,10-11H2,1H3,(H,21,23). The van der Waals surface area contributed by atoms with Crippen LogP contribution in [0.4, 0.5) is 5.82 Å². The third-order valence-corrected chi connectivity index (χ3v) is 5.10. The fourth-order valence-electron chi connectivity index (χ4n) is 2.28. The van der Waals surface area contributed by atoms with Gasteiger partial charge in [0.1, 0.15) is 17.3 Å². The van der Waals surface area contributed by atoms with Gasteiger partial charge in [0.05, 0.1) is 19.3 Å². The van der Waals surface area contributed by atoms with E-state index in [0.717, 1.165) is 15.1 Å². The lowest BCUT2D eigenvalue weighted by Gasteiger charge is -2.10. The van der Waals surface area contributed by atoms with Gasteiger partial charge in [0.2, 0.25) is 0 Å². The number of thiophene rings is 1. The minimum absolute atomic E-state index is 0.0797. The highest BCUT2D eigenvalue weighted by molar-refractivity contribution is 9.10. The van der Waals surface area contributed by atoms with Crippen molar-refractivity contribution < 1.29 is 14.3 Å². The Kier molecular flexibility index (Phi) is 6.30. The van der Waals surface area contributed by atoms with E-state index < -0.39 is 0 Å². The van der Waals surface area contributed by atoms with Crippen LogP contribution < -0.4 is 14.8 Å². The van der Waals surface area contributed by atoms with Gasteiger partial charge in [-0.3, -0.25) is 4.79 Å². The second-order valence-electron chi connectivity index (χ2n) is 5.35. The quantitative estimate of drug-likeness (QED) is 0.576. The van der Waals surface area contributed by atoms with Gasteiger partial charge in [0.15, 0.2) is 6.61 Å². The molecule has 0 unspecified atom stereocenters. The number of benzene rings is 1. The number of ether oxygens (including phenoxy) is 2. The van der Waals surface area contributed by atoms with Gasteiger partial charge in [-0.25, -0.2) is 4.68 Å². The molecule has 0 aliphatic rings. The summed E-state index contributed by atoms with van der Waals surface area (Å²) in [5.41, 5.74) is 0. The average molecular weight is 436 g/mol.